The molecule has 8 nitrogen and oxygen atoms in total. The van der Waals surface area contributed by atoms with E-state index in [-0.39, 0.29) is 47.1 Å². The molecule has 1 aromatic carbocycles. The third-order valence-corrected chi connectivity index (χ3v) is 13.1. The van der Waals surface area contributed by atoms with Gasteiger partial charge in [-0.15, -0.1) is 0 Å². The van der Waals surface area contributed by atoms with Crippen LogP contribution in [-0.2, 0) is 26.2 Å². The van der Waals surface area contributed by atoms with Crippen molar-refractivity contribution in [3.8, 4) is 11.5 Å². The topological polar surface area (TPSA) is 106 Å². The Hall–Kier alpha value is -2.16. The van der Waals surface area contributed by atoms with Crippen molar-refractivity contribution in [2.75, 3.05) is 20.2 Å². The van der Waals surface area contributed by atoms with E-state index in [0.717, 1.165) is 51.1 Å². The number of carboxylic acid groups (broad SMARTS) is 1. The van der Waals surface area contributed by atoms with E-state index in [2.05, 4.69) is 31.7 Å². The van der Waals surface area contributed by atoms with Crippen LogP contribution in [0.2, 0.25) is 0 Å². The minimum atomic E-state index is -0.989. The summed E-state index contributed by atoms with van der Waals surface area (Å²) in [7, 11) is 1.80. The summed E-state index contributed by atoms with van der Waals surface area (Å²) in [5.74, 6) is 0.625. The van der Waals surface area contributed by atoms with Gasteiger partial charge in [0.05, 0.1) is 5.60 Å². The monoisotopic (exact) mass is 595 g/mol. The predicted molar refractivity (Wildman–Crippen MR) is 160 cm³/mol. The van der Waals surface area contributed by atoms with Crippen LogP contribution in [0.15, 0.2) is 12.1 Å². The highest BCUT2D eigenvalue weighted by molar-refractivity contribution is 5.75. The maximum Gasteiger partial charge on any atom is 0.311 e. The zero-order valence-electron chi connectivity index (χ0n) is 26.5. The van der Waals surface area contributed by atoms with Gasteiger partial charge in [0.1, 0.15) is 11.7 Å². The number of likely N-dealkylation sites (tertiary alicyclic amines) is 1. The van der Waals surface area contributed by atoms with Gasteiger partial charge in [0.2, 0.25) is 0 Å². The lowest BCUT2D eigenvalue weighted by Crippen LogP contribution is -2.83. The molecule has 8 heteroatoms. The number of nitrogens with zero attached hydrogens (tertiary/aromatic N) is 1. The van der Waals surface area contributed by atoms with E-state index in [0.29, 0.717) is 30.4 Å². The van der Waals surface area contributed by atoms with Gasteiger partial charge >= 0.3 is 11.9 Å². The van der Waals surface area contributed by atoms with Crippen molar-refractivity contribution in [3.05, 3.63) is 23.3 Å². The van der Waals surface area contributed by atoms with Crippen LogP contribution >= 0.6 is 0 Å². The Balaban J connectivity index is 1.32. The van der Waals surface area contributed by atoms with Gasteiger partial charge in [0.15, 0.2) is 11.5 Å². The van der Waals surface area contributed by atoms with Crippen molar-refractivity contribution in [2.45, 2.75) is 127 Å². The Kier molecular flexibility index (Phi) is 6.64. The van der Waals surface area contributed by atoms with Crippen LogP contribution in [-0.4, -0.2) is 70.6 Å². The van der Waals surface area contributed by atoms with Crippen LogP contribution in [0.5, 0.6) is 11.5 Å². The lowest BCUT2D eigenvalue weighted by atomic mass is 9.33. The van der Waals surface area contributed by atoms with Gasteiger partial charge in [-0.3, -0.25) is 14.5 Å². The molecule has 2 aliphatic heterocycles. The van der Waals surface area contributed by atoms with E-state index in [4.69, 9.17) is 19.3 Å². The van der Waals surface area contributed by atoms with Crippen LogP contribution in [0.25, 0.3) is 0 Å². The first-order valence-corrected chi connectivity index (χ1v) is 16.6. The van der Waals surface area contributed by atoms with E-state index < -0.39 is 17.2 Å². The Morgan fingerprint density at radius 3 is 2.51 bits per heavy atom. The molecule has 5 fully saturated rings. The number of fused-ring (bicyclic) bond motifs is 2. The third kappa shape index (κ3) is 3.97. The van der Waals surface area contributed by atoms with Gasteiger partial charge in [-0.2, -0.15) is 0 Å². The normalized spacial score (nSPS) is 36.9. The number of ether oxygens (including phenoxy) is 3. The number of carboxylic acids is 1. The molecule has 7 atom stereocenters. The molecule has 1 aromatic rings. The number of carbonyl (C=O) groups excluding carboxylic acids is 1. The molecule has 0 aromatic heterocycles. The second kappa shape index (κ2) is 9.67. The van der Waals surface area contributed by atoms with E-state index in [1.54, 1.807) is 7.11 Å². The van der Waals surface area contributed by atoms with Gasteiger partial charge in [0.25, 0.3) is 0 Å². The number of aliphatic hydroxyl groups is 1. The fraction of sp³-hybridized carbons (Fsp3) is 0.771. The molecule has 236 valence electrons. The average Bonchev–Trinajstić information content (AvgIpc) is 3.69. The number of rotatable bonds is 10. The molecular weight excluding hydrogens is 546 g/mol. The largest absolute Gasteiger partial charge is 0.482 e. The number of hydrogen-bond donors (Lipinski definition) is 2. The lowest BCUT2D eigenvalue weighted by Gasteiger charge is -2.75. The van der Waals surface area contributed by atoms with Gasteiger partial charge in [-0.25, -0.2) is 0 Å². The quantitative estimate of drug-likeness (QED) is 0.215. The SMILES string of the molecule is CO[C@]12CC[C@@]3(C[C@@H]1[C@](C)(O)C(C)(C)C)[C@H]1Cc4ccc(OC(=O)CCCCC(=O)O)c5c4[C@@]3(CCN1CC1CC1)[C@H]2O5. The molecule has 43 heavy (non-hydrogen) atoms. The van der Waals surface area contributed by atoms with Gasteiger partial charge in [0, 0.05) is 54.8 Å². The highest BCUT2D eigenvalue weighted by Gasteiger charge is 2.82. The summed E-state index contributed by atoms with van der Waals surface area (Å²) in [5.41, 5.74) is 0.176. The van der Waals surface area contributed by atoms with E-state index in [1.165, 1.54) is 24.0 Å². The summed E-state index contributed by atoms with van der Waals surface area (Å²) in [6, 6.07) is 4.44. The van der Waals surface area contributed by atoms with Gasteiger partial charge in [-0.1, -0.05) is 26.8 Å². The molecule has 8 rings (SSSR count). The maximum atomic E-state index is 13.0. The molecule has 0 radical (unpaired) electrons. The smallest absolute Gasteiger partial charge is 0.311 e. The second-order valence-electron chi connectivity index (χ2n) is 15.8. The van der Waals surface area contributed by atoms with Crippen LogP contribution in [0.1, 0.15) is 103 Å². The molecule has 4 bridgehead atoms. The first-order valence-electron chi connectivity index (χ1n) is 16.6. The van der Waals surface area contributed by atoms with Crippen molar-refractivity contribution in [3.63, 3.8) is 0 Å². The average molecular weight is 596 g/mol. The third-order valence-electron chi connectivity index (χ3n) is 13.1. The summed E-state index contributed by atoms with van der Waals surface area (Å²) >= 11 is 0. The molecule has 0 amide bonds. The molecule has 2 spiro atoms. The standard InChI is InChI=1S/C35H49NO7/c1-31(2,3)32(4,40)24-19-33-14-15-35(24,41-5)30-34(33)16-17-36(20-21-10-11-21)25(33)18-22-12-13-23(29(43-30)28(22)34)42-27(39)9-7-6-8-26(37)38/h12-13,21,24-25,30,40H,6-11,14-20H2,1-5H3,(H,37,38)/t24-,25-,30-,32+,33-,34+,35-/m1/s1. The fourth-order valence-corrected chi connectivity index (χ4v) is 10.4. The van der Waals surface area contributed by atoms with Crippen LogP contribution in [0.4, 0.5) is 0 Å². The molecular formula is C35H49NO7. The summed E-state index contributed by atoms with van der Waals surface area (Å²) in [6.45, 7) is 10.6. The molecule has 1 saturated heterocycles. The Morgan fingerprint density at radius 2 is 1.84 bits per heavy atom. The zero-order valence-corrected chi connectivity index (χ0v) is 26.5. The lowest BCUT2D eigenvalue weighted by molar-refractivity contribution is -0.312. The maximum absolute atomic E-state index is 13.0. The van der Waals surface area contributed by atoms with Gasteiger partial charge in [-0.05, 0) is 94.2 Å². The number of unbranched alkanes of at least 4 members (excludes halogenated alkanes) is 1. The number of piperidine rings is 1. The summed E-state index contributed by atoms with van der Waals surface area (Å²) in [5, 5.41) is 21.3. The molecule has 2 heterocycles. The van der Waals surface area contributed by atoms with Crippen molar-refractivity contribution < 1.29 is 34.0 Å². The Labute approximate surface area is 255 Å². The molecule has 4 saturated carbocycles. The van der Waals surface area contributed by atoms with Crippen molar-refractivity contribution >= 4 is 11.9 Å². The predicted octanol–water partition coefficient (Wildman–Crippen LogP) is 5.26. The Bertz CT molecular complexity index is 1330. The Morgan fingerprint density at radius 1 is 1.09 bits per heavy atom. The highest BCUT2D eigenvalue weighted by Crippen LogP contribution is 2.78. The number of hydrogen-bond acceptors (Lipinski definition) is 7. The van der Waals surface area contributed by atoms with E-state index in [1.807, 2.05) is 13.0 Å². The number of aliphatic carboxylic acids is 1. The first-order chi connectivity index (χ1) is 20.3. The second-order valence-corrected chi connectivity index (χ2v) is 15.8. The number of carbonyl (C=O) groups is 2. The number of benzene rings is 1. The fourth-order valence-electron chi connectivity index (χ4n) is 10.4. The first kappa shape index (κ1) is 29.5. The highest BCUT2D eigenvalue weighted by atomic mass is 16.6. The van der Waals surface area contributed by atoms with Gasteiger partial charge < -0.3 is 24.4 Å². The van der Waals surface area contributed by atoms with Crippen LogP contribution in [0, 0.1) is 22.7 Å². The summed E-state index contributed by atoms with van der Waals surface area (Å²) in [4.78, 5) is 26.7. The van der Waals surface area contributed by atoms with Crippen molar-refractivity contribution in [2.24, 2.45) is 22.7 Å². The van der Waals surface area contributed by atoms with E-state index in [9.17, 15) is 14.7 Å². The number of esters is 1. The van der Waals surface area contributed by atoms with Crippen molar-refractivity contribution in [1.82, 2.24) is 4.90 Å². The molecule has 0 unspecified atom stereocenters. The van der Waals surface area contributed by atoms with Crippen molar-refractivity contribution in [1.29, 1.82) is 0 Å². The number of methoxy groups -OCH3 is 1. The minimum absolute atomic E-state index is 0.0459. The molecule has 2 N–H and O–H groups in total. The zero-order chi connectivity index (χ0) is 30.6. The molecule has 5 aliphatic carbocycles. The summed E-state index contributed by atoms with van der Waals surface area (Å²) in [6.07, 6.45) is 8.18. The minimum Gasteiger partial charge on any atom is -0.482 e. The van der Waals surface area contributed by atoms with E-state index >= 15 is 0 Å². The molecule has 7 aliphatic rings. The van der Waals surface area contributed by atoms with Crippen LogP contribution < -0.4 is 9.47 Å². The summed E-state index contributed by atoms with van der Waals surface area (Å²) < 4.78 is 19.8. The van der Waals surface area contributed by atoms with Crippen LogP contribution in [0.3, 0.4) is 0 Å².